The third-order valence-electron chi connectivity index (χ3n) is 5.36. The van der Waals surface area contributed by atoms with E-state index in [2.05, 4.69) is 20.5 Å². The molecule has 1 atom stereocenters. The van der Waals surface area contributed by atoms with Crippen molar-refractivity contribution in [2.45, 2.75) is 30.9 Å². The predicted molar refractivity (Wildman–Crippen MR) is 128 cm³/mol. The molecule has 2 aliphatic rings. The molecular formula is C23H22ClFN4O3S. The smallest absolute Gasteiger partial charge is 0.262 e. The van der Waals surface area contributed by atoms with Crippen LogP contribution in [0.2, 0.25) is 5.02 Å². The van der Waals surface area contributed by atoms with E-state index >= 15 is 0 Å². The van der Waals surface area contributed by atoms with Crippen molar-refractivity contribution in [3.63, 3.8) is 0 Å². The Morgan fingerprint density at radius 2 is 1.82 bits per heavy atom. The van der Waals surface area contributed by atoms with Gasteiger partial charge in [0.1, 0.15) is 5.25 Å². The van der Waals surface area contributed by atoms with Crippen LogP contribution in [0.3, 0.4) is 0 Å². The van der Waals surface area contributed by atoms with Crippen molar-refractivity contribution in [3.05, 3.63) is 58.9 Å². The predicted octanol–water partition coefficient (Wildman–Crippen LogP) is 4.54. The van der Waals surface area contributed by atoms with Gasteiger partial charge in [-0.05, 0) is 55.7 Å². The van der Waals surface area contributed by atoms with E-state index in [4.69, 9.17) is 11.6 Å². The molecule has 172 valence electrons. The lowest BCUT2D eigenvalue weighted by atomic mass is 10.1. The number of halogens is 2. The van der Waals surface area contributed by atoms with Gasteiger partial charge in [-0.3, -0.25) is 14.4 Å². The topological polar surface area (TPSA) is 90.9 Å². The van der Waals surface area contributed by atoms with Crippen molar-refractivity contribution in [1.29, 1.82) is 0 Å². The first kappa shape index (κ1) is 23.3. The molecule has 1 fully saturated rings. The second-order valence-corrected chi connectivity index (χ2v) is 9.35. The van der Waals surface area contributed by atoms with E-state index in [1.807, 2.05) is 0 Å². The highest BCUT2D eigenvalue weighted by atomic mass is 35.5. The van der Waals surface area contributed by atoms with Gasteiger partial charge in [0.05, 0.1) is 10.7 Å². The summed E-state index contributed by atoms with van der Waals surface area (Å²) in [5, 5.41) is 5.31. The number of piperidine rings is 1. The van der Waals surface area contributed by atoms with Gasteiger partial charge in [-0.15, -0.1) is 0 Å². The van der Waals surface area contributed by atoms with Gasteiger partial charge < -0.3 is 15.5 Å². The normalized spacial score (nSPS) is 18.1. The van der Waals surface area contributed by atoms with Crippen LogP contribution in [-0.2, 0) is 9.59 Å². The third kappa shape index (κ3) is 5.72. The zero-order chi connectivity index (χ0) is 23.4. The van der Waals surface area contributed by atoms with E-state index in [1.54, 1.807) is 12.1 Å². The van der Waals surface area contributed by atoms with E-state index in [1.165, 1.54) is 48.5 Å². The van der Waals surface area contributed by atoms with Crippen LogP contribution < -0.4 is 10.6 Å². The molecular weight excluding hydrogens is 467 g/mol. The highest BCUT2D eigenvalue weighted by Crippen LogP contribution is 2.29. The lowest BCUT2D eigenvalue weighted by Gasteiger charge is -2.27. The van der Waals surface area contributed by atoms with Crippen LogP contribution in [0.5, 0.6) is 0 Å². The number of likely N-dealkylation sites (tertiary alicyclic amines) is 1. The molecule has 2 N–H and O–H groups in total. The fourth-order valence-corrected chi connectivity index (χ4v) is 4.90. The molecule has 0 aromatic heterocycles. The summed E-state index contributed by atoms with van der Waals surface area (Å²) in [4.78, 5) is 43.3. The maximum atomic E-state index is 14.0. The third-order valence-corrected chi connectivity index (χ3v) is 6.86. The van der Waals surface area contributed by atoms with Crippen LogP contribution in [0, 0.1) is 5.82 Å². The average molecular weight is 489 g/mol. The number of rotatable bonds is 5. The molecule has 0 bridgehead atoms. The molecule has 0 radical (unpaired) electrons. The fraction of sp³-hybridized carbons (Fsp3) is 0.304. The number of anilines is 2. The molecule has 0 aliphatic carbocycles. The lowest BCUT2D eigenvalue weighted by molar-refractivity contribution is -0.121. The molecule has 2 aliphatic heterocycles. The average Bonchev–Trinajstić information content (AvgIpc) is 3.18. The van der Waals surface area contributed by atoms with Crippen molar-refractivity contribution in [3.8, 4) is 0 Å². The van der Waals surface area contributed by atoms with E-state index in [0.29, 0.717) is 10.9 Å². The van der Waals surface area contributed by atoms with Crippen LogP contribution in [0.15, 0.2) is 47.5 Å². The molecule has 0 saturated carbocycles. The molecule has 3 amide bonds. The SMILES string of the molecule is O=C(CC1SC(N2CCCCC2)=NC1=O)Nc1ccc(C(=O)Nc2cccc(Cl)c2F)cc1. The Morgan fingerprint density at radius 3 is 2.55 bits per heavy atom. The molecule has 0 spiro atoms. The number of thioether (sulfide) groups is 1. The summed E-state index contributed by atoms with van der Waals surface area (Å²) in [5.41, 5.74) is 0.751. The van der Waals surface area contributed by atoms with Crippen LogP contribution in [0.25, 0.3) is 0 Å². The number of amides is 3. The Morgan fingerprint density at radius 1 is 1.09 bits per heavy atom. The van der Waals surface area contributed by atoms with E-state index in [0.717, 1.165) is 25.9 Å². The van der Waals surface area contributed by atoms with E-state index in [9.17, 15) is 18.8 Å². The maximum Gasteiger partial charge on any atom is 0.262 e. The molecule has 4 rings (SSSR count). The van der Waals surface area contributed by atoms with Gasteiger partial charge in [0.2, 0.25) is 5.91 Å². The molecule has 1 unspecified atom stereocenters. The number of aliphatic imine (C=N–C) groups is 1. The zero-order valence-electron chi connectivity index (χ0n) is 17.6. The minimum absolute atomic E-state index is 0.0145. The first-order chi connectivity index (χ1) is 15.9. The lowest BCUT2D eigenvalue weighted by Crippen LogP contribution is -2.33. The molecule has 7 nitrogen and oxygen atoms in total. The van der Waals surface area contributed by atoms with E-state index in [-0.39, 0.29) is 34.5 Å². The van der Waals surface area contributed by atoms with Gasteiger partial charge >= 0.3 is 0 Å². The molecule has 2 heterocycles. The summed E-state index contributed by atoms with van der Waals surface area (Å²) >= 11 is 7.08. The number of nitrogens with zero attached hydrogens (tertiary/aromatic N) is 2. The number of amidine groups is 1. The minimum atomic E-state index is -0.705. The van der Waals surface area contributed by atoms with Crippen LogP contribution >= 0.6 is 23.4 Å². The van der Waals surface area contributed by atoms with Crippen LogP contribution in [-0.4, -0.2) is 46.1 Å². The summed E-state index contributed by atoms with van der Waals surface area (Å²) in [6.45, 7) is 1.78. The quantitative estimate of drug-likeness (QED) is 0.644. The Balaban J connectivity index is 1.30. The highest BCUT2D eigenvalue weighted by Gasteiger charge is 2.33. The minimum Gasteiger partial charge on any atom is -0.351 e. The number of carbonyl (C=O) groups excluding carboxylic acids is 3. The van der Waals surface area contributed by atoms with Gasteiger partial charge in [0.15, 0.2) is 11.0 Å². The van der Waals surface area contributed by atoms with Crippen molar-refractivity contribution in [2.24, 2.45) is 4.99 Å². The van der Waals surface area contributed by atoms with Crippen LogP contribution in [0.1, 0.15) is 36.0 Å². The van der Waals surface area contributed by atoms with Gasteiger partial charge in [0.25, 0.3) is 11.8 Å². The van der Waals surface area contributed by atoms with Crippen molar-refractivity contribution in [2.75, 3.05) is 23.7 Å². The van der Waals surface area contributed by atoms with Gasteiger partial charge in [-0.25, -0.2) is 4.39 Å². The summed E-state index contributed by atoms with van der Waals surface area (Å²) < 4.78 is 14.0. The fourth-order valence-electron chi connectivity index (χ4n) is 3.61. The van der Waals surface area contributed by atoms with Gasteiger partial charge in [-0.2, -0.15) is 4.99 Å². The van der Waals surface area contributed by atoms with Crippen molar-refractivity contribution < 1.29 is 18.8 Å². The van der Waals surface area contributed by atoms with Crippen molar-refractivity contribution in [1.82, 2.24) is 4.90 Å². The largest absolute Gasteiger partial charge is 0.351 e. The monoisotopic (exact) mass is 488 g/mol. The summed E-state index contributed by atoms with van der Waals surface area (Å²) in [7, 11) is 0. The second kappa shape index (κ2) is 10.4. The van der Waals surface area contributed by atoms with Crippen LogP contribution in [0.4, 0.5) is 15.8 Å². The number of carbonyl (C=O) groups is 3. The Kier molecular flexibility index (Phi) is 7.29. The number of nitrogens with one attached hydrogen (secondary N) is 2. The standard InChI is InChI=1S/C23H22ClFN4O3S/c24-16-5-4-6-17(20(16)25)27-21(31)14-7-9-15(10-8-14)26-19(30)13-18-22(32)28-23(33-18)29-11-2-1-3-12-29/h4-10,18H,1-3,11-13H2,(H,26,30)(H,27,31). The molecule has 2 aromatic rings. The molecule has 2 aromatic carbocycles. The summed E-state index contributed by atoms with van der Waals surface area (Å²) in [6, 6.07) is 10.5. The molecule has 10 heteroatoms. The summed E-state index contributed by atoms with van der Waals surface area (Å²) in [6.07, 6.45) is 3.37. The Labute approximate surface area is 199 Å². The van der Waals surface area contributed by atoms with E-state index < -0.39 is 17.0 Å². The Hall–Kier alpha value is -2.91. The summed E-state index contributed by atoms with van der Waals surface area (Å²) in [5.74, 6) is -1.81. The highest BCUT2D eigenvalue weighted by molar-refractivity contribution is 8.15. The molecule has 1 saturated heterocycles. The number of hydrogen-bond donors (Lipinski definition) is 2. The van der Waals surface area contributed by atoms with Crippen molar-refractivity contribution >= 4 is 57.6 Å². The maximum absolute atomic E-state index is 14.0. The number of hydrogen-bond acceptors (Lipinski definition) is 5. The second-order valence-electron chi connectivity index (χ2n) is 7.77. The van der Waals surface area contributed by atoms with Gasteiger partial charge in [0, 0.05) is 30.8 Å². The van der Waals surface area contributed by atoms with Gasteiger partial charge in [-0.1, -0.05) is 29.4 Å². The first-order valence-electron chi connectivity index (χ1n) is 10.6. The number of benzene rings is 2. The zero-order valence-corrected chi connectivity index (χ0v) is 19.2. The molecule has 33 heavy (non-hydrogen) atoms. The Bertz CT molecular complexity index is 1100. The first-order valence-corrected chi connectivity index (χ1v) is 11.9.